The molecule has 0 aliphatic rings. The number of nitrogens with two attached hydrogens (primary N) is 1. The Morgan fingerprint density at radius 3 is 2.70 bits per heavy atom. The monoisotopic (exact) mass is 405 g/mol. The molecule has 0 aliphatic heterocycles. The molecule has 152 valence electrons. The second-order valence-corrected chi connectivity index (χ2v) is 6.31. The third kappa shape index (κ3) is 3.74. The molecule has 0 saturated heterocycles. The topological polar surface area (TPSA) is 124 Å². The zero-order valence-corrected chi connectivity index (χ0v) is 16.1. The number of hydrogen-bond donors (Lipinski definition) is 3. The minimum atomic E-state index is -1.06. The summed E-state index contributed by atoms with van der Waals surface area (Å²) in [7, 11) is 1.42. The van der Waals surface area contributed by atoms with Gasteiger partial charge in [0.1, 0.15) is 23.8 Å². The van der Waals surface area contributed by atoms with Crippen LogP contribution in [0.2, 0.25) is 0 Å². The summed E-state index contributed by atoms with van der Waals surface area (Å²) in [4.78, 5) is 15.8. The van der Waals surface area contributed by atoms with E-state index in [4.69, 9.17) is 15.2 Å². The van der Waals surface area contributed by atoms with Gasteiger partial charge in [-0.25, -0.2) is 9.31 Å². The van der Waals surface area contributed by atoms with Crippen molar-refractivity contribution in [3.63, 3.8) is 0 Å². The number of aromatic nitrogens is 3. The third-order valence-corrected chi connectivity index (χ3v) is 4.47. The first kappa shape index (κ1) is 19.2. The Kier molecular flexibility index (Phi) is 5.19. The van der Waals surface area contributed by atoms with Gasteiger partial charge < -0.3 is 19.9 Å². The molecule has 2 heterocycles. The molecule has 4 N–H and O–H groups in total. The first-order chi connectivity index (χ1) is 14.6. The fraction of sp³-hybridized carbons (Fsp3) is 0.0952. The van der Waals surface area contributed by atoms with Crippen LogP contribution in [0.4, 0.5) is 11.6 Å². The van der Waals surface area contributed by atoms with E-state index in [0.717, 1.165) is 11.1 Å². The molecule has 0 aliphatic carbocycles. The highest BCUT2D eigenvalue weighted by atomic mass is 16.5. The van der Waals surface area contributed by atoms with Crippen molar-refractivity contribution in [2.24, 2.45) is 5.73 Å². The van der Waals surface area contributed by atoms with Crippen LogP contribution in [0, 0.1) is 0 Å². The van der Waals surface area contributed by atoms with Crippen LogP contribution >= 0.6 is 0 Å². The van der Waals surface area contributed by atoms with Crippen LogP contribution in [-0.4, -0.2) is 39.5 Å². The molecule has 0 atom stereocenters. The SMILES string of the molecule is COc1cc(Nc2nc3c(-c4ccc(OCN)cc4)cccn3n2)ccc1C(=O)O. The summed E-state index contributed by atoms with van der Waals surface area (Å²) in [6.45, 7) is 0.117. The minimum Gasteiger partial charge on any atom is -0.496 e. The quantitative estimate of drug-likeness (QED) is 0.401. The van der Waals surface area contributed by atoms with Gasteiger partial charge in [0, 0.05) is 23.5 Å². The zero-order valence-electron chi connectivity index (χ0n) is 16.1. The predicted molar refractivity (Wildman–Crippen MR) is 111 cm³/mol. The Morgan fingerprint density at radius 1 is 1.20 bits per heavy atom. The number of methoxy groups -OCH3 is 1. The molecule has 2 aromatic carbocycles. The molecule has 0 saturated carbocycles. The Morgan fingerprint density at radius 2 is 2.00 bits per heavy atom. The van der Waals surface area contributed by atoms with Gasteiger partial charge >= 0.3 is 5.97 Å². The van der Waals surface area contributed by atoms with Crippen molar-refractivity contribution in [3.8, 4) is 22.6 Å². The van der Waals surface area contributed by atoms with Crippen molar-refractivity contribution in [2.45, 2.75) is 0 Å². The summed E-state index contributed by atoms with van der Waals surface area (Å²) in [5.41, 5.74) is 8.61. The summed E-state index contributed by atoms with van der Waals surface area (Å²) < 4.78 is 12.1. The minimum absolute atomic E-state index is 0.0790. The summed E-state index contributed by atoms with van der Waals surface area (Å²) in [6.07, 6.45) is 1.80. The molecule has 0 bridgehead atoms. The highest BCUT2D eigenvalue weighted by Gasteiger charge is 2.13. The van der Waals surface area contributed by atoms with Gasteiger partial charge in [-0.2, -0.15) is 4.98 Å². The van der Waals surface area contributed by atoms with E-state index in [9.17, 15) is 9.90 Å². The highest BCUT2D eigenvalue weighted by Crippen LogP contribution is 2.28. The van der Waals surface area contributed by atoms with Crippen molar-refractivity contribution in [3.05, 3.63) is 66.4 Å². The number of carboxylic acids is 1. The van der Waals surface area contributed by atoms with Crippen molar-refractivity contribution in [1.29, 1.82) is 0 Å². The van der Waals surface area contributed by atoms with Gasteiger partial charge in [-0.1, -0.05) is 12.1 Å². The maximum atomic E-state index is 11.3. The number of carboxylic acid groups (broad SMARTS) is 1. The van der Waals surface area contributed by atoms with Crippen LogP contribution in [0.1, 0.15) is 10.4 Å². The maximum Gasteiger partial charge on any atom is 0.339 e. The molecule has 0 unspecified atom stereocenters. The Hall–Kier alpha value is -4.11. The van der Waals surface area contributed by atoms with Crippen molar-refractivity contribution in [2.75, 3.05) is 19.2 Å². The first-order valence-electron chi connectivity index (χ1n) is 9.06. The van der Waals surface area contributed by atoms with Gasteiger partial charge in [0.2, 0.25) is 5.95 Å². The van der Waals surface area contributed by atoms with E-state index in [0.29, 0.717) is 23.0 Å². The molecule has 9 heteroatoms. The zero-order chi connectivity index (χ0) is 21.1. The fourth-order valence-electron chi connectivity index (χ4n) is 3.09. The van der Waals surface area contributed by atoms with E-state index in [1.54, 1.807) is 22.8 Å². The van der Waals surface area contributed by atoms with Gasteiger partial charge in [-0.05, 0) is 42.0 Å². The standard InChI is InChI=1S/C21H19N5O4/c1-29-18-11-14(6-9-17(18)20(27)28)23-21-24-19-16(3-2-10-26(19)25-21)13-4-7-15(8-5-13)30-12-22/h2-11H,12,22H2,1H3,(H,23,25)(H,27,28). The average molecular weight is 405 g/mol. The van der Waals surface area contributed by atoms with Gasteiger partial charge in [-0.15, -0.1) is 5.10 Å². The number of pyridine rings is 1. The second-order valence-electron chi connectivity index (χ2n) is 6.31. The molecule has 0 spiro atoms. The van der Waals surface area contributed by atoms with E-state index >= 15 is 0 Å². The van der Waals surface area contributed by atoms with Crippen molar-refractivity contribution in [1.82, 2.24) is 14.6 Å². The van der Waals surface area contributed by atoms with Gasteiger partial charge in [0.25, 0.3) is 0 Å². The lowest BCUT2D eigenvalue weighted by molar-refractivity contribution is 0.0693. The Bertz CT molecular complexity index is 1200. The van der Waals surface area contributed by atoms with Gasteiger partial charge in [0.05, 0.1) is 7.11 Å². The van der Waals surface area contributed by atoms with Crippen LogP contribution in [0.25, 0.3) is 16.8 Å². The lowest BCUT2D eigenvalue weighted by Gasteiger charge is -2.07. The normalized spacial score (nSPS) is 10.7. The van der Waals surface area contributed by atoms with E-state index in [-0.39, 0.29) is 18.0 Å². The Balaban J connectivity index is 1.66. The molecular weight excluding hydrogens is 386 g/mol. The van der Waals surface area contributed by atoms with E-state index < -0.39 is 5.97 Å². The summed E-state index contributed by atoms with van der Waals surface area (Å²) in [5, 5.41) is 16.8. The van der Waals surface area contributed by atoms with Crippen molar-refractivity contribution >= 4 is 23.3 Å². The van der Waals surface area contributed by atoms with E-state index in [2.05, 4.69) is 15.4 Å². The maximum absolute atomic E-state index is 11.3. The largest absolute Gasteiger partial charge is 0.496 e. The number of ether oxygens (including phenoxy) is 2. The summed E-state index contributed by atoms with van der Waals surface area (Å²) in [6, 6.07) is 16.1. The molecule has 30 heavy (non-hydrogen) atoms. The van der Waals surface area contributed by atoms with Gasteiger partial charge in [-0.3, -0.25) is 5.73 Å². The number of nitrogens with one attached hydrogen (secondary N) is 1. The molecule has 0 radical (unpaired) electrons. The number of carbonyl (C=O) groups is 1. The number of rotatable bonds is 7. The number of aromatic carboxylic acids is 1. The molecule has 4 rings (SSSR count). The molecule has 0 amide bonds. The predicted octanol–water partition coefficient (Wildman–Crippen LogP) is 3.14. The number of anilines is 2. The lowest BCUT2D eigenvalue weighted by Crippen LogP contribution is -2.06. The molecule has 0 fully saturated rings. The number of hydrogen-bond acceptors (Lipinski definition) is 7. The van der Waals surface area contributed by atoms with Crippen LogP contribution < -0.4 is 20.5 Å². The molecule has 2 aromatic heterocycles. The molecule has 9 nitrogen and oxygen atoms in total. The molecular formula is C21H19N5O4. The third-order valence-electron chi connectivity index (χ3n) is 4.47. The summed E-state index contributed by atoms with van der Waals surface area (Å²) >= 11 is 0. The van der Waals surface area contributed by atoms with Crippen molar-refractivity contribution < 1.29 is 19.4 Å². The van der Waals surface area contributed by atoms with Crippen LogP contribution in [0.3, 0.4) is 0 Å². The second kappa shape index (κ2) is 8.10. The molecule has 4 aromatic rings. The summed E-state index contributed by atoms with van der Waals surface area (Å²) in [5.74, 6) is 0.250. The van der Waals surface area contributed by atoms with E-state index in [1.165, 1.54) is 13.2 Å². The average Bonchev–Trinajstić information content (AvgIpc) is 3.16. The number of nitrogens with zero attached hydrogens (tertiary/aromatic N) is 3. The first-order valence-corrected chi connectivity index (χ1v) is 9.06. The number of fused-ring (bicyclic) bond motifs is 1. The van der Waals surface area contributed by atoms with E-state index in [1.807, 2.05) is 36.4 Å². The van der Waals surface area contributed by atoms with Crippen LogP contribution in [-0.2, 0) is 0 Å². The number of benzene rings is 2. The van der Waals surface area contributed by atoms with Crippen LogP contribution in [0.5, 0.6) is 11.5 Å². The fourth-order valence-corrected chi connectivity index (χ4v) is 3.09. The Labute approximate surface area is 171 Å². The van der Waals surface area contributed by atoms with Crippen LogP contribution in [0.15, 0.2) is 60.8 Å². The lowest BCUT2D eigenvalue weighted by atomic mass is 10.1. The van der Waals surface area contributed by atoms with Gasteiger partial charge in [0.15, 0.2) is 5.65 Å². The smallest absolute Gasteiger partial charge is 0.339 e. The highest BCUT2D eigenvalue weighted by molar-refractivity contribution is 5.91.